The van der Waals surface area contributed by atoms with E-state index < -0.39 is 11.7 Å². The van der Waals surface area contributed by atoms with E-state index in [0.717, 1.165) is 38.5 Å². The first-order valence-electron chi connectivity index (χ1n) is 7.17. The monoisotopic (exact) mass is 366 g/mol. The summed E-state index contributed by atoms with van der Waals surface area (Å²) in [7, 11) is 0. The Hall–Kier alpha value is -0.750. The molecule has 0 saturated heterocycles. The summed E-state index contributed by atoms with van der Waals surface area (Å²) < 4.78 is 39.1. The van der Waals surface area contributed by atoms with Crippen molar-refractivity contribution >= 4 is 21.6 Å². The number of hydrogen-bond donors (Lipinski definition) is 1. The fourth-order valence-corrected chi connectivity index (χ4v) is 2.82. The molecule has 0 aliphatic rings. The SMILES string of the molecule is CCCN(CCC)CCc1cc(Br)c(N)c(C(F)(F)F)c1. The molecule has 2 nitrogen and oxygen atoms in total. The minimum absolute atomic E-state index is 0.245. The molecule has 120 valence electrons. The molecule has 1 rings (SSSR count). The molecule has 1 aromatic carbocycles. The van der Waals surface area contributed by atoms with Crippen molar-refractivity contribution in [2.24, 2.45) is 0 Å². The molecule has 0 aliphatic heterocycles. The highest BCUT2D eigenvalue weighted by atomic mass is 79.9. The summed E-state index contributed by atoms with van der Waals surface area (Å²) in [6, 6.07) is 2.84. The molecule has 0 fully saturated rings. The Bertz CT molecular complexity index is 455. The van der Waals surface area contributed by atoms with Gasteiger partial charge in [-0.25, -0.2) is 0 Å². The predicted octanol–water partition coefficient (Wildman–Crippen LogP) is 4.71. The van der Waals surface area contributed by atoms with Crippen molar-refractivity contribution in [3.8, 4) is 0 Å². The van der Waals surface area contributed by atoms with E-state index in [1.807, 2.05) is 0 Å². The van der Waals surface area contributed by atoms with Gasteiger partial charge in [0.15, 0.2) is 0 Å². The maximum atomic E-state index is 12.9. The van der Waals surface area contributed by atoms with Crippen LogP contribution in [0.5, 0.6) is 0 Å². The van der Waals surface area contributed by atoms with Gasteiger partial charge in [-0.1, -0.05) is 13.8 Å². The Morgan fingerprint density at radius 1 is 1.10 bits per heavy atom. The summed E-state index contributed by atoms with van der Waals surface area (Å²) in [5.74, 6) is 0. The van der Waals surface area contributed by atoms with Crippen LogP contribution in [0.15, 0.2) is 16.6 Å². The van der Waals surface area contributed by atoms with Gasteiger partial charge in [-0.3, -0.25) is 0 Å². The molecular weight excluding hydrogens is 345 g/mol. The molecule has 0 bridgehead atoms. The van der Waals surface area contributed by atoms with E-state index in [-0.39, 0.29) is 5.69 Å². The minimum Gasteiger partial charge on any atom is -0.397 e. The molecule has 0 heterocycles. The molecule has 0 saturated carbocycles. The first kappa shape index (κ1) is 18.3. The summed E-state index contributed by atoms with van der Waals surface area (Å²) in [4.78, 5) is 2.28. The Kier molecular flexibility index (Phi) is 7.00. The van der Waals surface area contributed by atoms with Crippen molar-refractivity contribution in [2.45, 2.75) is 39.3 Å². The summed E-state index contributed by atoms with van der Waals surface area (Å²) >= 11 is 3.12. The molecule has 0 spiro atoms. The third kappa shape index (κ3) is 5.51. The van der Waals surface area contributed by atoms with E-state index in [4.69, 9.17) is 5.73 Å². The maximum Gasteiger partial charge on any atom is 0.418 e. The van der Waals surface area contributed by atoms with Crippen molar-refractivity contribution < 1.29 is 13.2 Å². The van der Waals surface area contributed by atoms with Gasteiger partial charge in [0.1, 0.15) is 0 Å². The van der Waals surface area contributed by atoms with Gasteiger partial charge < -0.3 is 10.6 Å². The molecule has 0 unspecified atom stereocenters. The lowest BCUT2D eigenvalue weighted by molar-refractivity contribution is -0.137. The van der Waals surface area contributed by atoms with Gasteiger partial charge in [-0.05, 0) is 66.0 Å². The van der Waals surface area contributed by atoms with Crippen LogP contribution in [-0.2, 0) is 12.6 Å². The third-order valence-electron chi connectivity index (χ3n) is 3.29. The Balaban J connectivity index is 2.86. The lowest BCUT2D eigenvalue weighted by atomic mass is 10.1. The van der Waals surface area contributed by atoms with Crippen LogP contribution < -0.4 is 5.73 Å². The van der Waals surface area contributed by atoms with Gasteiger partial charge in [-0.15, -0.1) is 0 Å². The average Bonchev–Trinajstić information content (AvgIpc) is 2.38. The Labute approximate surface area is 132 Å². The fourth-order valence-electron chi connectivity index (χ4n) is 2.31. The van der Waals surface area contributed by atoms with Gasteiger partial charge in [-0.2, -0.15) is 13.2 Å². The van der Waals surface area contributed by atoms with Crippen LogP contribution in [-0.4, -0.2) is 24.5 Å². The van der Waals surface area contributed by atoms with Crippen molar-refractivity contribution in [3.63, 3.8) is 0 Å². The normalized spacial score (nSPS) is 12.1. The highest BCUT2D eigenvalue weighted by Crippen LogP contribution is 2.38. The number of hydrogen-bond acceptors (Lipinski definition) is 2. The zero-order valence-corrected chi connectivity index (χ0v) is 14.0. The average molecular weight is 367 g/mol. The van der Waals surface area contributed by atoms with E-state index in [1.165, 1.54) is 0 Å². The number of rotatable bonds is 7. The van der Waals surface area contributed by atoms with Gasteiger partial charge >= 0.3 is 6.18 Å². The van der Waals surface area contributed by atoms with Crippen molar-refractivity contribution in [1.29, 1.82) is 0 Å². The molecule has 21 heavy (non-hydrogen) atoms. The fraction of sp³-hybridized carbons (Fsp3) is 0.600. The number of nitrogens with two attached hydrogens (primary N) is 1. The quantitative estimate of drug-likeness (QED) is 0.707. The van der Waals surface area contributed by atoms with Crippen LogP contribution in [0.2, 0.25) is 0 Å². The van der Waals surface area contributed by atoms with Crippen LogP contribution in [0.3, 0.4) is 0 Å². The number of halogens is 4. The molecule has 0 aliphatic carbocycles. The van der Waals surface area contributed by atoms with E-state index >= 15 is 0 Å². The molecule has 1 aromatic rings. The Morgan fingerprint density at radius 2 is 1.67 bits per heavy atom. The Morgan fingerprint density at radius 3 is 2.14 bits per heavy atom. The van der Waals surface area contributed by atoms with Crippen LogP contribution in [0, 0.1) is 0 Å². The zero-order valence-electron chi connectivity index (χ0n) is 12.4. The second-order valence-electron chi connectivity index (χ2n) is 5.13. The van der Waals surface area contributed by atoms with Crippen LogP contribution in [0.1, 0.15) is 37.8 Å². The zero-order chi connectivity index (χ0) is 16.0. The van der Waals surface area contributed by atoms with Crippen LogP contribution in [0.25, 0.3) is 0 Å². The summed E-state index contributed by atoms with van der Waals surface area (Å²) in [6.07, 6.45) is -1.75. The lowest BCUT2D eigenvalue weighted by Gasteiger charge is -2.21. The second-order valence-corrected chi connectivity index (χ2v) is 5.98. The van der Waals surface area contributed by atoms with E-state index in [2.05, 4.69) is 34.7 Å². The molecule has 0 radical (unpaired) electrons. The number of anilines is 1. The van der Waals surface area contributed by atoms with Crippen molar-refractivity contribution in [3.05, 3.63) is 27.7 Å². The summed E-state index contributed by atoms with van der Waals surface area (Å²) in [5.41, 5.74) is 5.16. The molecule has 2 N–H and O–H groups in total. The first-order chi connectivity index (χ1) is 9.79. The molecule has 0 amide bonds. The highest BCUT2D eigenvalue weighted by Gasteiger charge is 2.34. The molecule has 6 heteroatoms. The van der Waals surface area contributed by atoms with Crippen LogP contribution in [0.4, 0.5) is 18.9 Å². The number of alkyl halides is 3. The molecule has 0 atom stereocenters. The lowest BCUT2D eigenvalue weighted by Crippen LogP contribution is -2.27. The first-order valence-corrected chi connectivity index (χ1v) is 7.96. The minimum atomic E-state index is -4.42. The third-order valence-corrected chi connectivity index (χ3v) is 3.95. The van der Waals surface area contributed by atoms with Gasteiger partial charge in [0.05, 0.1) is 11.3 Å². The predicted molar refractivity (Wildman–Crippen MR) is 84.3 cm³/mol. The maximum absolute atomic E-state index is 12.9. The van der Waals surface area contributed by atoms with E-state index in [9.17, 15) is 13.2 Å². The topological polar surface area (TPSA) is 29.3 Å². The van der Waals surface area contributed by atoms with Gasteiger partial charge in [0, 0.05) is 11.0 Å². The van der Waals surface area contributed by atoms with E-state index in [0.29, 0.717) is 16.5 Å². The van der Waals surface area contributed by atoms with E-state index in [1.54, 1.807) is 6.07 Å². The van der Waals surface area contributed by atoms with Crippen molar-refractivity contribution in [2.75, 3.05) is 25.4 Å². The smallest absolute Gasteiger partial charge is 0.397 e. The number of nitrogens with zero attached hydrogens (tertiary/aromatic N) is 1. The van der Waals surface area contributed by atoms with Gasteiger partial charge in [0.25, 0.3) is 0 Å². The standard InChI is InChI=1S/C15H22BrF3N2/c1-3-6-21(7-4-2)8-5-11-9-12(15(17,18)19)14(20)13(16)10-11/h9-10H,3-8,20H2,1-2H3. The van der Waals surface area contributed by atoms with Gasteiger partial charge in [0.2, 0.25) is 0 Å². The largest absolute Gasteiger partial charge is 0.418 e. The van der Waals surface area contributed by atoms with Crippen molar-refractivity contribution in [1.82, 2.24) is 4.90 Å². The highest BCUT2D eigenvalue weighted by molar-refractivity contribution is 9.10. The molecular formula is C15H22BrF3N2. The number of benzene rings is 1. The second kappa shape index (κ2) is 8.03. The van der Waals surface area contributed by atoms with Crippen LogP contribution >= 0.6 is 15.9 Å². The summed E-state index contributed by atoms with van der Waals surface area (Å²) in [5, 5.41) is 0. The summed E-state index contributed by atoms with van der Waals surface area (Å²) in [6.45, 7) is 6.90. The number of nitrogen functional groups attached to an aromatic ring is 1. The molecule has 0 aromatic heterocycles.